The molecule has 0 radical (unpaired) electrons. The summed E-state index contributed by atoms with van der Waals surface area (Å²) in [5.41, 5.74) is 2.58. The van der Waals surface area contributed by atoms with E-state index in [0.29, 0.717) is 17.9 Å². The van der Waals surface area contributed by atoms with Crippen LogP contribution in [0, 0.1) is 13.8 Å². The van der Waals surface area contributed by atoms with Gasteiger partial charge in [-0.05, 0) is 31.0 Å². The van der Waals surface area contributed by atoms with Gasteiger partial charge in [0.15, 0.2) is 5.82 Å². The topological polar surface area (TPSA) is 56.9 Å². The fraction of sp³-hybridized carbons (Fsp3) is 0.235. The number of rotatable bonds is 2. The minimum absolute atomic E-state index is 0.297. The summed E-state index contributed by atoms with van der Waals surface area (Å²) in [7, 11) is 1.46. The Morgan fingerprint density at radius 3 is 2.45 bits per heavy atom. The Balaban J connectivity index is 2.31. The number of aromatic nitrogens is 3. The van der Waals surface area contributed by atoms with Gasteiger partial charge in [-0.2, -0.15) is 4.98 Å². The standard InChI is InChI=1S/C17H17N3O2/c1-11-9-12(2)20(10-13-7-5-4-6-8-13)15-14(11)16(21)19(3)17(22)18-15/h4-9H,10H2,1-3H3. The van der Waals surface area contributed by atoms with Gasteiger partial charge in [0.05, 0.1) is 5.56 Å². The molecule has 2 heterocycles. The van der Waals surface area contributed by atoms with E-state index in [4.69, 9.17) is 0 Å². The third-order valence-electron chi connectivity index (χ3n) is 3.92. The molecule has 0 N–H and O–H groups in total. The molecule has 22 heavy (non-hydrogen) atoms. The second-order valence-corrected chi connectivity index (χ2v) is 5.50. The molecular formula is C17H17N3O2. The summed E-state index contributed by atoms with van der Waals surface area (Å²) in [5.74, 6) is 0.453. The van der Waals surface area contributed by atoms with Gasteiger partial charge in [0, 0.05) is 19.3 Å². The predicted octanol–water partition coefficient (Wildman–Crippen LogP) is 1.71. The zero-order chi connectivity index (χ0) is 15.9. The zero-order valence-electron chi connectivity index (χ0n) is 12.8. The number of benzene rings is 1. The molecular weight excluding hydrogens is 278 g/mol. The Morgan fingerprint density at radius 2 is 1.77 bits per heavy atom. The van der Waals surface area contributed by atoms with Gasteiger partial charge < -0.3 is 4.57 Å². The lowest BCUT2D eigenvalue weighted by atomic mass is 10.1. The summed E-state index contributed by atoms with van der Waals surface area (Å²) in [6, 6.07) is 11.9. The van der Waals surface area contributed by atoms with Crippen molar-refractivity contribution in [2.45, 2.75) is 20.4 Å². The summed E-state index contributed by atoms with van der Waals surface area (Å²) in [6.45, 7) is 4.40. The van der Waals surface area contributed by atoms with Gasteiger partial charge in [-0.3, -0.25) is 9.36 Å². The number of hydrogen-bond acceptors (Lipinski definition) is 3. The Labute approximate surface area is 127 Å². The van der Waals surface area contributed by atoms with Crippen molar-refractivity contribution in [2.24, 2.45) is 7.05 Å². The monoisotopic (exact) mass is 295 g/mol. The maximum absolute atomic E-state index is 12.4. The van der Waals surface area contributed by atoms with Crippen molar-refractivity contribution in [3.05, 3.63) is 74.1 Å². The van der Waals surface area contributed by atoms with Crippen molar-refractivity contribution >= 4 is 0 Å². The molecule has 0 aromatic heterocycles. The Bertz CT molecular complexity index is 923. The van der Waals surface area contributed by atoms with E-state index in [9.17, 15) is 9.59 Å². The molecule has 0 atom stereocenters. The smallest absolute Gasteiger partial charge is 0.325 e. The first-order valence-electron chi connectivity index (χ1n) is 7.10. The molecule has 0 spiro atoms. The van der Waals surface area contributed by atoms with Crippen molar-refractivity contribution < 1.29 is 0 Å². The lowest BCUT2D eigenvalue weighted by Crippen LogP contribution is -2.36. The minimum atomic E-state index is -0.524. The molecule has 2 aliphatic rings. The van der Waals surface area contributed by atoms with Crippen LogP contribution in [-0.2, 0) is 13.6 Å². The second kappa shape index (κ2) is 5.26. The molecule has 0 unspecified atom stereocenters. The van der Waals surface area contributed by atoms with Crippen LogP contribution in [0.1, 0.15) is 16.8 Å². The summed E-state index contributed by atoms with van der Waals surface area (Å²) in [6.07, 6.45) is 0. The van der Waals surface area contributed by atoms with Gasteiger partial charge in [-0.15, -0.1) is 0 Å². The molecule has 3 rings (SSSR count). The average Bonchev–Trinajstić information content (AvgIpc) is 2.49. The molecule has 0 saturated heterocycles. The molecule has 0 saturated carbocycles. The number of aryl methyl sites for hydroxylation is 2. The van der Waals surface area contributed by atoms with Crippen molar-refractivity contribution in [1.82, 2.24) is 14.1 Å². The molecule has 5 nitrogen and oxygen atoms in total. The van der Waals surface area contributed by atoms with Crippen molar-refractivity contribution in [1.29, 1.82) is 0 Å². The van der Waals surface area contributed by atoms with Crippen LogP contribution in [-0.4, -0.2) is 14.1 Å². The molecule has 0 aliphatic carbocycles. The SMILES string of the molecule is Cc1cc(C)n(Cc2ccccc2)c2nc(=O)n(C)c(=O)c1-2. The molecule has 5 heteroatoms. The van der Waals surface area contributed by atoms with E-state index in [1.165, 1.54) is 7.05 Å². The van der Waals surface area contributed by atoms with Gasteiger partial charge in [0.25, 0.3) is 5.56 Å². The summed E-state index contributed by atoms with van der Waals surface area (Å²) in [4.78, 5) is 28.4. The van der Waals surface area contributed by atoms with E-state index in [0.717, 1.165) is 21.4 Å². The van der Waals surface area contributed by atoms with E-state index in [2.05, 4.69) is 4.98 Å². The van der Waals surface area contributed by atoms with Gasteiger partial charge in [-0.25, -0.2) is 4.79 Å². The summed E-state index contributed by atoms with van der Waals surface area (Å²) in [5, 5.41) is 0. The summed E-state index contributed by atoms with van der Waals surface area (Å²) < 4.78 is 2.97. The maximum atomic E-state index is 12.4. The number of hydrogen-bond donors (Lipinski definition) is 0. The Morgan fingerprint density at radius 1 is 1.09 bits per heavy atom. The highest BCUT2D eigenvalue weighted by Gasteiger charge is 2.19. The number of fused-ring (bicyclic) bond motifs is 1. The third kappa shape index (κ3) is 2.24. The first-order valence-corrected chi connectivity index (χ1v) is 7.10. The highest BCUT2D eigenvalue weighted by Crippen LogP contribution is 2.22. The van der Waals surface area contributed by atoms with E-state index in [-0.39, 0.29) is 5.56 Å². The van der Waals surface area contributed by atoms with Crippen LogP contribution in [0.5, 0.6) is 0 Å². The van der Waals surface area contributed by atoms with Gasteiger partial charge in [0.2, 0.25) is 0 Å². The molecule has 1 aromatic rings. The minimum Gasteiger partial charge on any atom is -0.325 e. The fourth-order valence-electron chi connectivity index (χ4n) is 2.71. The highest BCUT2D eigenvalue weighted by atomic mass is 16.2. The van der Waals surface area contributed by atoms with E-state index >= 15 is 0 Å². The van der Waals surface area contributed by atoms with Crippen LogP contribution in [0.25, 0.3) is 11.4 Å². The highest BCUT2D eigenvalue weighted by molar-refractivity contribution is 5.61. The number of pyridine rings is 1. The quantitative estimate of drug-likeness (QED) is 0.723. The lowest BCUT2D eigenvalue weighted by molar-refractivity contribution is 0.706. The van der Waals surface area contributed by atoms with Crippen LogP contribution >= 0.6 is 0 Å². The Kier molecular flexibility index (Phi) is 3.41. The molecule has 0 amide bonds. The van der Waals surface area contributed by atoms with Gasteiger partial charge >= 0.3 is 5.69 Å². The van der Waals surface area contributed by atoms with E-state index in [1.54, 1.807) is 0 Å². The first kappa shape index (κ1) is 14.3. The largest absolute Gasteiger partial charge is 0.352 e. The van der Waals surface area contributed by atoms with Gasteiger partial charge in [-0.1, -0.05) is 30.3 Å². The van der Waals surface area contributed by atoms with Crippen LogP contribution in [0.3, 0.4) is 0 Å². The van der Waals surface area contributed by atoms with Crippen molar-refractivity contribution in [2.75, 3.05) is 0 Å². The van der Waals surface area contributed by atoms with Crippen molar-refractivity contribution in [3.8, 4) is 11.4 Å². The molecule has 112 valence electrons. The number of nitrogens with zero attached hydrogens (tertiary/aromatic N) is 3. The first-order chi connectivity index (χ1) is 10.5. The average molecular weight is 295 g/mol. The summed E-state index contributed by atoms with van der Waals surface area (Å²) >= 11 is 0. The van der Waals surface area contributed by atoms with Crippen LogP contribution in [0.2, 0.25) is 0 Å². The van der Waals surface area contributed by atoms with Crippen LogP contribution in [0.15, 0.2) is 46.0 Å². The van der Waals surface area contributed by atoms with Crippen LogP contribution in [0.4, 0.5) is 0 Å². The molecule has 0 bridgehead atoms. The van der Waals surface area contributed by atoms with Crippen molar-refractivity contribution in [3.63, 3.8) is 0 Å². The maximum Gasteiger partial charge on any atom is 0.352 e. The fourth-order valence-corrected chi connectivity index (χ4v) is 2.71. The molecule has 2 aliphatic heterocycles. The van der Waals surface area contributed by atoms with Crippen LogP contribution < -0.4 is 11.2 Å². The second-order valence-electron chi connectivity index (χ2n) is 5.50. The zero-order valence-corrected chi connectivity index (χ0v) is 12.8. The van der Waals surface area contributed by atoms with Gasteiger partial charge in [0.1, 0.15) is 0 Å². The third-order valence-corrected chi connectivity index (χ3v) is 3.92. The van der Waals surface area contributed by atoms with E-state index in [1.807, 2.05) is 54.8 Å². The van der Waals surface area contributed by atoms with E-state index < -0.39 is 5.69 Å². The molecule has 1 aromatic carbocycles. The predicted molar refractivity (Wildman–Crippen MR) is 85.4 cm³/mol. The molecule has 0 fully saturated rings. The normalized spacial score (nSPS) is 11.0. The lowest BCUT2D eigenvalue weighted by Gasteiger charge is -2.19. The Hall–Kier alpha value is -2.69.